The molecule has 2 aromatic carbocycles. The van der Waals surface area contributed by atoms with Gasteiger partial charge in [-0.25, -0.2) is 4.39 Å². The number of methoxy groups -OCH3 is 1. The van der Waals surface area contributed by atoms with Crippen LogP contribution in [0.5, 0.6) is 11.5 Å². The molecule has 4 N–H and O–H groups in total. The molecular weight excluding hydrogens is 578 g/mol. The fraction of sp³-hybridized carbons (Fsp3) is 0.483. The number of benzene rings is 2. The van der Waals surface area contributed by atoms with Crippen LogP contribution in [0.2, 0.25) is 0 Å². The van der Waals surface area contributed by atoms with Crippen molar-refractivity contribution in [3.8, 4) is 11.5 Å². The average molecular weight is 612 g/mol. The predicted molar refractivity (Wildman–Crippen MR) is 148 cm³/mol. The molecule has 3 aliphatic carbocycles. The fourth-order valence-corrected chi connectivity index (χ4v) is 7.16. The number of primary amides is 1. The number of anilines is 1. The van der Waals surface area contributed by atoms with Gasteiger partial charge in [-0.1, -0.05) is 6.07 Å². The summed E-state index contributed by atoms with van der Waals surface area (Å²) < 4.78 is 65.8. The monoisotopic (exact) mass is 611 g/mol. The van der Waals surface area contributed by atoms with E-state index in [4.69, 9.17) is 15.2 Å². The van der Waals surface area contributed by atoms with Crippen LogP contribution in [0.25, 0.3) is 0 Å². The van der Waals surface area contributed by atoms with E-state index in [-0.39, 0.29) is 52.5 Å². The van der Waals surface area contributed by atoms with Gasteiger partial charge in [-0.2, -0.15) is 0 Å². The Morgan fingerprint density at radius 3 is 2.33 bits per heavy atom. The third-order valence-electron chi connectivity index (χ3n) is 8.75. The molecule has 0 unspecified atom stereocenters. The number of amides is 3. The van der Waals surface area contributed by atoms with Gasteiger partial charge < -0.3 is 25.8 Å². The molecular formula is C29H33F4N3O5S. The summed E-state index contributed by atoms with van der Waals surface area (Å²) in [6.07, 6.45) is 4.01. The first-order valence-corrected chi connectivity index (χ1v) is 15.3. The number of nitrogens with one attached hydrogen (secondary N) is 2. The number of hydrogen-bond donors (Lipinski definition) is 3. The second-order valence-corrected chi connectivity index (χ2v) is 12.5. The summed E-state index contributed by atoms with van der Waals surface area (Å²) in [6, 6.07) is 6.31. The van der Waals surface area contributed by atoms with E-state index >= 15 is 0 Å². The van der Waals surface area contributed by atoms with E-state index in [0.29, 0.717) is 32.1 Å². The van der Waals surface area contributed by atoms with Crippen molar-refractivity contribution in [2.45, 2.75) is 62.0 Å². The van der Waals surface area contributed by atoms with Gasteiger partial charge in [0.15, 0.2) is 11.6 Å². The number of hydrogen-bond acceptors (Lipinski definition) is 5. The topological polar surface area (TPSA) is 120 Å². The van der Waals surface area contributed by atoms with Crippen molar-refractivity contribution in [1.82, 2.24) is 5.32 Å². The zero-order valence-corrected chi connectivity index (χ0v) is 23.7. The molecule has 0 radical (unpaired) electrons. The summed E-state index contributed by atoms with van der Waals surface area (Å²) in [7, 11) is 1.31. The molecule has 42 heavy (non-hydrogen) atoms. The quantitative estimate of drug-likeness (QED) is 0.307. The van der Waals surface area contributed by atoms with Gasteiger partial charge in [0.2, 0.25) is 23.0 Å². The van der Waals surface area contributed by atoms with Crippen LogP contribution in [0.3, 0.4) is 0 Å². The maximum atomic E-state index is 14.9. The lowest BCUT2D eigenvalue weighted by Gasteiger charge is -2.31. The lowest BCUT2D eigenvalue weighted by Crippen LogP contribution is -2.48. The highest BCUT2D eigenvalue weighted by Crippen LogP contribution is 2.61. The summed E-state index contributed by atoms with van der Waals surface area (Å²) in [5, 5.41) is 5.56. The summed E-state index contributed by atoms with van der Waals surface area (Å²) in [4.78, 5) is 37.5. The number of halogens is 4. The minimum atomic E-state index is -5.45. The molecule has 3 amide bonds. The van der Waals surface area contributed by atoms with Gasteiger partial charge in [-0.3, -0.25) is 14.4 Å². The van der Waals surface area contributed by atoms with Crippen LogP contribution in [0.1, 0.15) is 55.3 Å². The number of ether oxygens (including phenoxy) is 2. The van der Waals surface area contributed by atoms with E-state index in [1.165, 1.54) is 25.3 Å². The molecule has 4 atom stereocenters. The van der Waals surface area contributed by atoms with Crippen molar-refractivity contribution in [2.24, 2.45) is 29.4 Å². The molecule has 3 fully saturated rings. The highest BCUT2D eigenvalue weighted by molar-refractivity contribution is 8.20. The van der Waals surface area contributed by atoms with Gasteiger partial charge in [0.25, 0.3) is 5.91 Å². The van der Waals surface area contributed by atoms with Crippen molar-refractivity contribution in [3.63, 3.8) is 0 Å². The molecule has 5 rings (SSSR count). The molecule has 0 aromatic heterocycles. The average Bonchev–Trinajstić information content (AvgIpc) is 3.56. The molecule has 3 saturated carbocycles. The van der Waals surface area contributed by atoms with Gasteiger partial charge in [0.1, 0.15) is 5.75 Å². The first-order chi connectivity index (χ1) is 19.9. The van der Waals surface area contributed by atoms with E-state index in [9.17, 15) is 30.4 Å². The number of carbonyl (C=O) groups is 3. The largest absolute Gasteiger partial charge is 0.496 e. The molecule has 228 valence electrons. The van der Waals surface area contributed by atoms with Crippen LogP contribution >= 0.6 is 11.2 Å². The predicted octanol–water partition coefficient (Wildman–Crippen LogP) is 5.86. The maximum absolute atomic E-state index is 14.9. The lowest BCUT2D eigenvalue weighted by molar-refractivity contribution is -0.123. The second kappa shape index (κ2) is 12.0. The van der Waals surface area contributed by atoms with Crippen molar-refractivity contribution >= 4 is 34.6 Å². The highest BCUT2D eigenvalue weighted by atomic mass is 32.3. The Morgan fingerprint density at radius 2 is 1.67 bits per heavy atom. The standard InChI is InChI=1S/C29H33F4N3O5S/c1-40-23-14-22(30)24(41-19-9-7-15(8-10-19)27(34)37)13-21(23)28(38)36-26-17-6-5-16(11-17)25(26)29(39)35-18-3-2-4-20(12-18)42(31,32)33/h2-4,12-17,19,25-26H,5-11H2,1H3,(H2,34,37)(H,35,39)(H,36,38)/t15?,16-,17+,19?,25-,26+/m0/s1. The van der Waals surface area contributed by atoms with E-state index in [2.05, 4.69) is 10.6 Å². The summed E-state index contributed by atoms with van der Waals surface area (Å²) in [5.41, 5.74) is 5.46. The summed E-state index contributed by atoms with van der Waals surface area (Å²) in [5.74, 6) is -3.14. The minimum absolute atomic E-state index is 0.00888. The minimum Gasteiger partial charge on any atom is -0.496 e. The third-order valence-corrected chi connectivity index (χ3v) is 9.54. The van der Waals surface area contributed by atoms with Crippen molar-refractivity contribution in [3.05, 3.63) is 47.8 Å². The number of rotatable bonds is 9. The Morgan fingerprint density at radius 1 is 0.952 bits per heavy atom. The van der Waals surface area contributed by atoms with E-state index in [1.807, 2.05) is 0 Å². The molecule has 0 saturated heterocycles. The molecule has 2 aromatic rings. The van der Waals surface area contributed by atoms with Crippen LogP contribution < -0.4 is 25.8 Å². The molecule has 0 aliphatic heterocycles. The smallest absolute Gasteiger partial charge is 0.255 e. The van der Waals surface area contributed by atoms with E-state index < -0.39 is 45.7 Å². The highest BCUT2D eigenvalue weighted by Gasteiger charge is 2.51. The second-order valence-electron chi connectivity index (χ2n) is 11.3. The Kier molecular flexibility index (Phi) is 8.58. The van der Waals surface area contributed by atoms with Gasteiger partial charge in [0, 0.05) is 23.7 Å². The van der Waals surface area contributed by atoms with E-state index in [0.717, 1.165) is 31.0 Å². The SMILES string of the molecule is COc1cc(F)c(OC2CCC(C(N)=O)CC2)cc1C(=O)N[C@@H]1[C@@H]2CC[C@@H](C2)[C@@H]1C(=O)Nc1cccc(S(F)(F)F)c1. The molecule has 0 heterocycles. The van der Waals surface area contributed by atoms with Crippen LogP contribution in [-0.2, 0) is 9.59 Å². The van der Waals surface area contributed by atoms with Gasteiger partial charge in [-0.05, 0) is 81.0 Å². The van der Waals surface area contributed by atoms with Crippen LogP contribution in [0.4, 0.5) is 21.7 Å². The Hall–Kier alpha value is -3.48. The Bertz CT molecular complexity index is 1370. The summed E-state index contributed by atoms with van der Waals surface area (Å²) in [6.45, 7) is 0. The molecule has 2 bridgehead atoms. The number of fused-ring (bicyclic) bond motifs is 2. The van der Waals surface area contributed by atoms with Crippen molar-refractivity contribution in [1.29, 1.82) is 0 Å². The van der Waals surface area contributed by atoms with E-state index in [1.54, 1.807) is 0 Å². The first-order valence-electron chi connectivity index (χ1n) is 13.9. The third kappa shape index (κ3) is 6.30. The zero-order chi connectivity index (χ0) is 30.2. The van der Waals surface area contributed by atoms with Crippen LogP contribution in [0.15, 0.2) is 41.3 Å². The number of carbonyl (C=O) groups excluding carboxylic acids is 3. The van der Waals surface area contributed by atoms with Crippen LogP contribution in [-0.4, -0.2) is 37.0 Å². The first kappa shape index (κ1) is 30.0. The Labute approximate surface area is 242 Å². The molecule has 0 spiro atoms. The molecule has 3 aliphatic rings. The van der Waals surface area contributed by atoms with Gasteiger partial charge in [-0.15, -0.1) is 11.7 Å². The van der Waals surface area contributed by atoms with Crippen molar-refractivity contribution in [2.75, 3.05) is 12.4 Å². The van der Waals surface area contributed by atoms with Crippen molar-refractivity contribution < 1.29 is 39.9 Å². The van der Waals surface area contributed by atoms with Gasteiger partial charge in [0.05, 0.1) is 29.6 Å². The zero-order valence-electron chi connectivity index (χ0n) is 22.9. The maximum Gasteiger partial charge on any atom is 0.255 e. The molecule has 13 heteroatoms. The Balaban J connectivity index is 1.31. The normalized spacial score (nSPS) is 27.3. The van der Waals surface area contributed by atoms with Gasteiger partial charge >= 0.3 is 0 Å². The lowest BCUT2D eigenvalue weighted by atomic mass is 9.83. The van der Waals surface area contributed by atoms with Crippen LogP contribution in [0, 0.1) is 29.5 Å². The fourth-order valence-electron chi connectivity index (χ4n) is 6.67. The molecule has 8 nitrogen and oxygen atoms in total. The summed E-state index contributed by atoms with van der Waals surface area (Å²) >= 11 is -5.45. The number of nitrogens with two attached hydrogens (primary N) is 1.